The van der Waals surface area contributed by atoms with Gasteiger partial charge < -0.3 is 15.5 Å². The molecule has 2 aromatic carbocycles. The molecule has 0 bridgehead atoms. The van der Waals surface area contributed by atoms with E-state index in [1.165, 1.54) is 0 Å². The summed E-state index contributed by atoms with van der Waals surface area (Å²) in [6, 6.07) is 21.7. The first-order valence-electron chi connectivity index (χ1n) is 10.9. The highest BCUT2D eigenvalue weighted by Crippen LogP contribution is 2.45. The van der Waals surface area contributed by atoms with Gasteiger partial charge in [-0.05, 0) is 42.0 Å². The van der Waals surface area contributed by atoms with Gasteiger partial charge in [0, 0.05) is 29.1 Å². The maximum Gasteiger partial charge on any atom is 0.239 e. The maximum absolute atomic E-state index is 13.2. The van der Waals surface area contributed by atoms with Crippen molar-refractivity contribution in [3.05, 3.63) is 93.8 Å². The van der Waals surface area contributed by atoms with Gasteiger partial charge >= 0.3 is 0 Å². The summed E-state index contributed by atoms with van der Waals surface area (Å²) >= 11 is 1.62. The fourth-order valence-electron chi connectivity index (χ4n) is 4.52. The molecular weight excluding hydrogens is 418 g/mol. The number of anilines is 2. The van der Waals surface area contributed by atoms with Crippen molar-refractivity contribution in [3.63, 3.8) is 0 Å². The lowest BCUT2D eigenvalue weighted by molar-refractivity contribution is -0.120. The number of amides is 1. The van der Waals surface area contributed by atoms with Gasteiger partial charge in [0.15, 0.2) is 5.78 Å². The number of benzene rings is 2. The van der Waals surface area contributed by atoms with E-state index < -0.39 is 0 Å². The molecule has 162 valence electrons. The summed E-state index contributed by atoms with van der Waals surface area (Å²) < 4.78 is 0. The number of hydrogen-bond acceptors (Lipinski definition) is 5. The van der Waals surface area contributed by atoms with Crippen LogP contribution in [0.25, 0.3) is 0 Å². The minimum absolute atomic E-state index is 0.0717. The van der Waals surface area contributed by atoms with Crippen LogP contribution in [0.1, 0.15) is 35.7 Å². The number of nitrogens with zero attached hydrogens (tertiary/aromatic N) is 1. The second kappa shape index (κ2) is 9.01. The number of carbonyl (C=O) groups is 2. The molecule has 1 aliphatic carbocycles. The molecule has 2 heterocycles. The van der Waals surface area contributed by atoms with E-state index in [2.05, 4.69) is 21.6 Å². The van der Waals surface area contributed by atoms with Gasteiger partial charge in [-0.25, -0.2) is 0 Å². The van der Waals surface area contributed by atoms with Crippen molar-refractivity contribution in [1.29, 1.82) is 0 Å². The van der Waals surface area contributed by atoms with E-state index in [4.69, 9.17) is 0 Å². The Balaban J connectivity index is 1.52. The van der Waals surface area contributed by atoms with Crippen LogP contribution in [0.4, 0.5) is 11.4 Å². The van der Waals surface area contributed by atoms with Crippen molar-refractivity contribution in [2.45, 2.75) is 31.8 Å². The second-order valence-electron chi connectivity index (χ2n) is 8.12. The number of hydrogen-bond donors (Lipinski definition) is 2. The van der Waals surface area contributed by atoms with E-state index in [9.17, 15) is 9.59 Å². The first-order valence-corrected chi connectivity index (χ1v) is 11.8. The molecule has 6 heteroatoms. The molecule has 0 radical (unpaired) electrons. The van der Waals surface area contributed by atoms with E-state index in [-0.39, 0.29) is 24.3 Å². The number of rotatable bonds is 5. The molecule has 1 aromatic heterocycles. The van der Waals surface area contributed by atoms with E-state index in [0.717, 1.165) is 45.9 Å². The normalized spacial score (nSPS) is 17.8. The first-order chi connectivity index (χ1) is 15.7. The molecule has 0 fully saturated rings. The van der Waals surface area contributed by atoms with E-state index in [1.54, 1.807) is 11.3 Å². The predicted molar refractivity (Wildman–Crippen MR) is 129 cm³/mol. The third kappa shape index (κ3) is 4.06. The third-order valence-electron chi connectivity index (χ3n) is 6.00. The number of Topliss-reactive ketones (excluding diaryl/α,β-unsaturated/α-hetero) is 1. The summed E-state index contributed by atoms with van der Waals surface area (Å²) in [5, 5.41) is 8.61. The number of ketones is 1. The van der Waals surface area contributed by atoms with Crippen LogP contribution in [0.3, 0.4) is 0 Å². The van der Waals surface area contributed by atoms with Gasteiger partial charge in [0.1, 0.15) is 0 Å². The van der Waals surface area contributed by atoms with Crippen LogP contribution in [-0.2, 0) is 16.1 Å². The molecule has 5 rings (SSSR count). The van der Waals surface area contributed by atoms with Gasteiger partial charge in [-0.1, -0.05) is 48.5 Å². The average molecular weight is 444 g/mol. The fourth-order valence-corrected chi connectivity index (χ4v) is 5.37. The largest absolute Gasteiger partial charge is 0.357 e. The predicted octanol–water partition coefficient (Wildman–Crippen LogP) is 5.04. The Kier molecular flexibility index (Phi) is 5.77. The molecule has 2 aliphatic rings. The molecule has 1 aliphatic heterocycles. The van der Waals surface area contributed by atoms with Crippen molar-refractivity contribution in [2.24, 2.45) is 0 Å². The van der Waals surface area contributed by atoms with Crippen molar-refractivity contribution in [2.75, 3.05) is 16.8 Å². The number of thiophene rings is 1. The lowest BCUT2D eigenvalue weighted by Crippen LogP contribution is -2.40. The maximum atomic E-state index is 13.2. The third-order valence-corrected chi connectivity index (χ3v) is 6.92. The number of allylic oxidation sites excluding steroid dienone is 1. The Labute approximate surface area is 191 Å². The first kappa shape index (κ1) is 20.5. The van der Waals surface area contributed by atoms with Gasteiger partial charge in [-0.15, -0.1) is 11.3 Å². The van der Waals surface area contributed by atoms with E-state index in [0.29, 0.717) is 13.0 Å². The molecular formula is C26H25N3O2S. The van der Waals surface area contributed by atoms with Crippen molar-refractivity contribution < 1.29 is 9.59 Å². The molecule has 2 N–H and O–H groups in total. The number of para-hydroxylation sites is 2. The van der Waals surface area contributed by atoms with Gasteiger partial charge in [-0.2, -0.15) is 0 Å². The minimum Gasteiger partial charge on any atom is -0.357 e. The lowest BCUT2D eigenvalue weighted by atomic mass is 9.88. The Bertz CT molecular complexity index is 1150. The van der Waals surface area contributed by atoms with Gasteiger partial charge in [-0.3, -0.25) is 9.59 Å². The van der Waals surface area contributed by atoms with Crippen LogP contribution in [-0.4, -0.2) is 18.2 Å². The molecule has 0 saturated heterocycles. The molecule has 1 unspecified atom stereocenters. The zero-order valence-electron chi connectivity index (χ0n) is 17.7. The molecule has 3 aromatic rings. The standard InChI is InChI=1S/C26H25N3O2S/c30-22-13-6-11-20-25(22)26(23-14-7-15-32-23)29(21-12-5-4-10-19(21)28-20)17-24(31)27-16-18-8-2-1-3-9-18/h1-5,7-10,12,14-15,26,28H,6,11,13,16-17H2,(H,27,31). The van der Waals surface area contributed by atoms with Gasteiger partial charge in [0.25, 0.3) is 0 Å². The molecule has 1 amide bonds. The number of carbonyl (C=O) groups excluding carboxylic acids is 2. The van der Waals surface area contributed by atoms with Crippen molar-refractivity contribution in [3.8, 4) is 0 Å². The highest BCUT2D eigenvalue weighted by Gasteiger charge is 2.37. The summed E-state index contributed by atoms with van der Waals surface area (Å²) in [7, 11) is 0. The highest BCUT2D eigenvalue weighted by atomic mass is 32.1. The Morgan fingerprint density at radius 2 is 1.84 bits per heavy atom. The van der Waals surface area contributed by atoms with Crippen molar-refractivity contribution in [1.82, 2.24) is 5.32 Å². The minimum atomic E-state index is -0.281. The zero-order valence-corrected chi connectivity index (χ0v) is 18.5. The summed E-state index contributed by atoms with van der Waals surface area (Å²) in [6.45, 7) is 0.641. The second-order valence-corrected chi connectivity index (χ2v) is 9.10. The highest BCUT2D eigenvalue weighted by molar-refractivity contribution is 7.10. The van der Waals surface area contributed by atoms with Crippen LogP contribution in [0.15, 0.2) is 83.4 Å². The van der Waals surface area contributed by atoms with Crippen LogP contribution >= 0.6 is 11.3 Å². The zero-order chi connectivity index (χ0) is 21.9. The smallest absolute Gasteiger partial charge is 0.239 e. The van der Waals surface area contributed by atoms with E-state index in [1.807, 2.05) is 66.0 Å². The summed E-state index contributed by atoms with van der Waals surface area (Å²) in [5.74, 6) is 0.0946. The Hall–Kier alpha value is -3.38. The van der Waals surface area contributed by atoms with Crippen LogP contribution in [0.2, 0.25) is 0 Å². The van der Waals surface area contributed by atoms with Crippen LogP contribution in [0, 0.1) is 0 Å². The quantitative estimate of drug-likeness (QED) is 0.580. The summed E-state index contributed by atoms with van der Waals surface area (Å²) in [4.78, 5) is 29.4. The SMILES string of the molecule is O=C(CN1c2ccccc2NC2=C(C(=O)CCC2)C1c1cccs1)NCc1ccccc1. The molecule has 1 atom stereocenters. The molecule has 32 heavy (non-hydrogen) atoms. The van der Waals surface area contributed by atoms with Crippen LogP contribution in [0.5, 0.6) is 0 Å². The molecule has 0 saturated carbocycles. The Morgan fingerprint density at radius 3 is 2.66 bits per heavy atom. The van der Waals surface area contributed by atoms with Crippen molar-refractivity contribution >= 4 is 34.4 Å². The average Bonchev–Trinajstić information content (AvgIpc) is 3.30. The number of nitrogens with one attached hydrogen (secondary N) is 2. The summed E-state index contributed by atoms with van der Waals surface area (Å²) in [5.41, 5.74) is 4.71. The van der Waals surface area contributed by atoms with E-state index >= 15 is 0 Å². The lowest BCUT2D eigenvalue weighted by Gasteiger charge is -2.34. The van der Waals surface area contributed by atoms with Gasteiger partial charge in [0.05, 0.1) is 24.0 Å². The van der Waals surface area contributed by atoms with Crippen LogP contribution < -0.4 is 15.5 Å². The topological polar surface area (TPSA) is 61.4 Å². The Morgan fingerprint density at radius 1 is 1.03 bits per heavy atom. The number of fused-ring (bicyclic) bond motifs is 1. The molecule has 0 spiro atoms. The van der Waals surface area contributed by atoms with Gasteiger partial charge in [0.2, 0.25) is 5.91 Å². The fraction of sp³-hybridized carbons (Fsp3) is 0.231. The molecule has 5 nitrogen and oxygen atoms in total. The monoisotopic (exact) mass is 443 g/mol. The summed E-state index contributed by atoms with van der Waals surface area (Å²) in [6.07, 6.45) is 2.24.